The molecule has 0 aliphatic heterocycles. The largest absolute Gasteiger partial charge is 0.433 e. The molecule has 1 heterocycles. The van der Waals surface area contributed by atoms with E-state index in [1.54, 1.807) is 12.1 Å². The van der Waals surface area contributed by atoms with Crippen LogP contribution in [0, 0.1) is 10.1 Å². The zero-order valence-corrected chi connectivity index (χ0v) is 9.50. The van der Waals surface area contributed by atoms with Crippen molar-refractivity contribution in [1.82, 2.24) is 0 Å². The minimum absolute atomic E-state index is 0.0680. The summed E-state index contributed by atoms with van der Waals surface area (Å²) < 4.78 is 5.02. The Morgan fingerprint density at radius 2 is 2.06 bits per heavy atom. The third-order valence-electron chi connectivity index (χ3n) is 2.47. The molecule has 18 heavy (non-hydrogen) atoms. The zero-order valence-electron chi connectivity index (χ0n) is 9.50. The minimum atomic E-state index is -0.578. The number of para-hydroxylation sites is 1. The molecular weight excluding hydrogens is 236 g/mol. The molecule has 0 radical (unpaired) electrons. The van der Waals surface area contributed by atoms with Gasteiger partial charge in [0.1, 0.15) is 10.7 Å². The molecule has 0 spiro atoms. The quantitative estimate of drug-likeness (QED) is 0.626. The number of nitrogens with one attached hydrogen (secondary N) is 1. The van der Waals surface area contributed by atoms with Gasteiger partial charge in [0.25, 0.3) is 0 Å². The first kappa shape index (κ1) is 12.1. The van der Waals surface area contributed by atoms with Crippen LogP contribution < -0.4 is 5.32 Å². The fourth-order valence-corrected chi connectivity index (χ4v) is 1.57. The van der Waals surface area contributed by atoms with Gasteiger partial charge in [0.15, 0.2) is 0 Å². The lowest BCUT2D eigenvalue weighted by molar-refractivity contribution is -0.402. The maximum atomic E-state index is 10.4. The molecule has 2 aromatic rings. The molecule has 0 saturated heterocycles. The first-order chi connectivity index (χ1) is 8.70. The standard InChI is InChI=1S/C12H12N2O4/c15-8-9-3-1-2-4-11(9)13-7-10-5-6-12(18-10)14(16)17/h1-6,13,15H,7-8H2. The van der Waals surface area contributed by atoms with E-state index >= 15 is 0 Å². The third kappa shape index (κ3) is 2.67. The number of hydrogen-bond acceptors (Lipinski definition) is 5. The van der Waals surface area contributed by atoms with Crippen LogP contribution in [-0.4, -0.2) is 10.0 Å². The number of aliphatic hydroxyl groups is 1. The van der Waals surface area contributed by atoms with Gasteiger partial charge in [-0.25, -0.2) is 0 Å². The first-order valence-electron chi connectivity index (χ1n) is 5.36. The van der Waals surface area contributed by atoms with Gasteiger partial charge in [-0.3, -0.25) is 10.1 Å². The van der Waals surface area contributed by atoms with Gasteiger partial charge in [-0.05, 0) is 12.1 Å². The Balaban J connectivity index is 2.04. The third-order valence-corrected chi connectivity index (χ3v) is 2.47. The van der Waals surface area contributed by atoms with Gasteiger partial charge in [0, 0.05) is 11.3 Å². The highest BCUT2D eigenvalue weighted by Crippen LogP contribution is 2.19. The van der Waals surface area contributed by atoms with Crippen LogP contribution in [0.3, 0.4) is 0 Å². The predicted octanol–water partition coefficient (Wildman–Crippen LogP) is 2.29. The van der Waals surface area contributed by atoms with Crippen LogP contribution in [0.15, 0.2) is 40.8 Å². The van der Waals surface area contributed by atoms with Crippen LogP contribution in [0.2, 0.25) is 0 Å². The molecular formula is C12H12N2O4. The molecule has 0 aliphatic carbocycles. The molecule has 0 unspecified atom stereocenters. The lowest BCUT2D eigenvalue weighted by atomic mass is 10.2. The van der Waals surface area contributed by atoms with Crippen molar-refractivity contribution in [3.8, 4) is 0 Å². The molecule has 2 N–H and O–H groups in total. The molecule has 2 rings (SSSR count). The van der Waals surface area contributed by atoms with E-state index in [1.165, 1.54) is 6.07 Å². The fraction of sp³-hybridized carbons (Fsp3) is 0.167. The topological polar surface area (TPSA) is 88.5 Å². The van der Waals surface area contributed by atoms with Crippen molar-refractivity contribution < 1.29 is 14.4 Å². The van der Waals surface area contributed by atoms with Crippen molar-refractivity contribution in [3.05, 3.63) is 57.8 Å². The monoisotopic (exact) mass is 248 g/mol. The van der Waals surface area contributed by atoms with E-state index in [4.69, 9.17) is 9.52 Å². The number of anilines is 1. The summed E-state index contributed by atoms with van der Waals surface area (Å²) in [4.78, 5) is 9.87. The number of benzene rings is 1. The highest BCUT2D eigenvalue weighted by molar-refractivity contribution is 5.50. The SMILES string of the molecule is O=[N+]([O-])c1ccc(CNc2ccccc2CO)o1. The first-order valence-corrected chi connectivity index (χ1v) is 5.36. The van der Waals surface area contributed by atoms with Gasteiger partial charge in [0.05, 0.1) is 19.2 Å². The van der Waals surface area contributed by atoms with Crippen LogP contribution >= 0.6 is 0 Å². The Bertz CT molecular complexity index is 551. The summed E-state index contributed by atoms with van der Waals surface area (Å²) in [7, 11) is 0. The lowest BCUT2D eigenvalue weighted by Crippen LogP contribution is -2.01. The van der Waals surface area contributed by atoms with Gasteiger partial charge in [-0.1, -0.05) is 18.2 Å². The van der Waals surface area contributed by atoms with Gasteiger partial charge >= 0.3 is 5.88 Å². The number of nitro groups is 1. The van der Waals surface area contributed by atoms with Gasteiger partial charge in [-0.2, -0.15) is 0 Å². The average Bonchev–Trinajstić information content (AvgIpc) is 2.85. The van der Waals surface area contributed by atoms with Gasteiger partial charge in [0.2, 0.25) is 0 Å². The number of aliphatic hydroxyl groups excluding tert-OH is 1. The zero-order chi connectivity index (χ0) is 13.0. The minimum Gasteiger partial charge on any atom is -0.404 e. The predicted molar refractivity (Wildman–Crippen MR) is 65.1 cm³/mol. The summed E-state index contributed by atoms with van der Waals surface area (Å²) in [6.45, 7) is 0.256. The Kier molecular flexibility index (Phi) is 3.59. The van der Waals surface area contributed by atoms with Crippen molar-refractivity contribution >= 4 is 11.6 Å². The van der Waals surface area contributed by atoms with E-state index in [9.17, 15) is 10.1 Å². The smallest absolute Gasteiger partial charge is 0.404 e. The summed E-state index contributed by atoms with van der Waals surface area (Å²) in [5.41, 5.74) is 1.54. The molecule has 1 aromatic carbocycles. The number of rotatable bonds is 5. The van der Waals surface area contributed by atoms with Crippen molar-refractivity contribution in [2.24, 2.45) is 0 Å². The molecule has 94 valence electrons. The van der Waals surface area contributed by atoms with E-state index in [2.05, 4.69) is 5.32 Å². The second-order valence-corrected chi connectivity index (χ2v) is 3.67. The highest BCUT2D eigenvalue weighted by Gasteiger charge is 2.11. The molecule has 6 nitrogen and oxygen atoms in total. The Labute approximate surface area is 103 Å². The summed E-state index contributed by atoms with van der Waals surface area (Å²) in [6, 6.07) is 10.2. The van der Waals surface area contributed by atoms with Crippen LogP contribution in [-0.2, 0) is 13.2 Å². The average molecular weight is 248 g/mol. The lowest BCUT2D eigenvalue weighted by Gasteiger charge is -2.08. The highest BCUT2D eigenvalue weighted by atomic mass is 16.6. The number of nitrogens with zero attached hydrogens (tertiary/aromatic N) is 1. The van der Waals surface area contributed by atoms with Crippen LogP contribution in [0.25, 0.3) is 0 Å². The molecule has 0 saturated carbocycles. The van der Waals surface area contributed by atoms with Crippen molar-refractivity contribution in [1.29, 1.82) is 0 Å². The molecule has 0 fully saturated rings. The van der Waals surface area contributed by atoms with Crippen LogP contribution in [0.1, 0.15) is 11.3 Å². The second kappa shape index (κ2) is 5.33. The molecule has 0 aliphatic rings. The van der Waals surface area contributed by atoms with Gasteiger partial charge in [-0.15, -0.1) is 0 Å². The van der Waals surface area contributed by atoms with Crippen LogP contribution in [0.4, 0.5) is 11.6 Å². The van der Waals surface area contributed by atoms with E-state index in [1.807, 2.05) is 18.2 Å². The Morgan fingerprint density at radius 3 is 2.72 bits per heavy atom. The Morgan fingerprint density at radius 1 is 1.28 bits per heavy atom. The van der Waals surface area contributed by atoms with E-state index in [0.29, 0.717) is 12.3 Å². The molecule has 6 heteroatoms. The summed E-state index contributed by atoms with van der Waals surface area (Å²) in [5, 5.41) is 22.6. The van der Waals surface area contributed by atoms with Gasteiger partial charge < -0.3 is 14.8 Å². The number of hydrogen-bond donors (Lipinski definition) is 2. The number of furan rings is 1. The van der Waals surface area contributed by atoms with Crippen molar-refractivity contribution in [2.75, 3.05) is 5.32 Å². The normalized spacial score (nSPS) is 10.3. The van der Waals surface area contributed by atoms with Crippen molar-refractivity contribution in [3.63, 3.8) is 0 Å². The van der Waals surface area contributed by atoms with E-state index < -0.39 is 4.92 Å². The van der Waals surface area contributed by atoms with E-state index in [0.717, 1.165) is 11.3 Å². The van der Waals surface area contributed by atoms with Crippen LogP contribution in [0.5, 0.6) is 0 Å². The van der Waals surface area contributed by atoms with E-state index in [-0.39, 0.29) is 12.5 Å². The maximum absolute atomic E-state index is 10.4. The summed E-state index contributed by atoms with van der Waals surface area (Å²) >= 11 is 0. The summed E-state index contributed by atoms with van der Waals surface area (Å²) in [6.07, 6.45) is 0. The molecule has 0 bridgehead atoms. The molecule has 1 aromatic heterocycles. The fourth-order valence-electron chi connectivity index (χ4n) is 1.57. The Hall–Kier alpha value is -2.34. The maximum Gasteiger partial charge on any atom is 0.433 e. The van der Waals surface area contributed by atoms with Crippen molar-refractivity contribution in [2.45, 2.75) is 13.2 Å². The second-order valence-electron chi connectivity index (χ2n) is 3.67. The summed E-state index contributed by atoms with van der Waals surface area (Å²) in [5.74, 6) is 0.191. The molecule has 0 amide bonds. The molecule has 0 atom stereocenters.